The number of carboxylic acids is 1. The second-order valence-electron chi connectivity index (χ2n) is 3.97. The molecule has 0 amide bonds. The first kappa shape index (κ1) is 10.5. The van der Waals surface area contributed by atoms with Gasteiger partial charge in [-0.15, -0.1) is 0 Å². The summed E-state index contributed by atoms with van der Waals surface area (Å²) in [5.41, 5.74) is 0.846. The lowest BCUT2D eigenvalue weighted by Gasteiger charge is -2.04. The minimum atomic E-state index is -1.15. The van der Waals surface area contributed by atoms with Crippen LogP contribution in [0, 0.1) is 0 Å². The Morgan fingerprint density at radius 2 is 2.06 bits per heavy atom. The normalized spacial score (nSPS) is 11.2. The largest absolute Gasteiger partial charge is 0.477 e. The van der Waals surface area contributed by atoms with Gasteiger partial charge in [-0.3, -0.25) is 13.8 Å². The Hall–Kier alpha value is -2.63. The average molecular weight is 243 g/mol. The highest BCUT2D eigenvalue weighted by atomic mass is 16.4. The second kappa shape index (κ2) is 3.43. The van der Waals surface area contributed by atoms with E-state index in [0.717, 1.165) is 6.07 Å². The summed E-state index contributed by atoms with van der Waals surface area (Å²) in [5.74, 6) is -0.832. The zero-order chi connectivity index (χ0) is 12.9. The van der Waals surface area contributed by atoms with Gasteiger partial charge in [0.15, 0.2) is 0 Å². The molecule has 3 aromatic rings. The van der Waals surface area contributed by atoms with Gasteiger partial charge in [0.25, 0.3) is 5.56 Å². The highest BCUT2D eigenvalue weighted by Gasteiger charge is 2.16. The van der Waals surface area contributed by atoms with E-state index in [4.69, 9.17) is 0 Å². The topological polar surface area (TPSA) is 76.6 Å². The summed E-state index contributed by atoms with van der Waals surface area (Å²) in [6, 6.07) is 8.26. The number of rotatable bonds is 1. The van der Waals surface area contributed by atoms with Crippen LogP contribution in [0.3, 0.4) is 0 Å². The molecule has 0 saturated heterocycles. The van der Waals surface area contributed by atoms with Gasteiger partial charge in [-0.05, 0) is 12.1 Å². The zero-order valence-electron chi connectivity index (χ0n) is 9.49. The first-order valence-electron chi connectivity index (χ1n) is 5.30. The SMILES string of the molecule is Cn1c(=O)cc(C(=O)O)n2c3ccccc3nc12. The maximum atomic E-state index is 11.7. The quantitative estimate of drug-likeness (QED) is 0.688. The summed E-state index contributed by atoms with van der Waals surface area (Å²) in [6.45, 7) is 0. The Bertz CT molecular complexity index is 845. The van der Waals surface area contributed by atoms with Crippen molar-refractivity contribution in [3.63, 3.8) is 0 Å². The Morgan fingerprint density at radius 1 is 1.33 bits per heavy atom. The van der Waals surface area contributed by atoms with Gasteiger partial charge in [0.1, 0.15) is 5.69 Å². The van der Waals surface area contributed by atoms with Crippen molar-refractivity contribution in [2.75, 3.05) is 0 Å². The van der Waals surface area contributed by atoms with Crippen LogP contribution in [0.2, 0.25) is 0 Å². The van der Waals surface area contributed by atoms with Crippen molar-refractivity contribution < 1.29 is 9.90 Å². The fourth-order valence-electron chi connectivity index (χ4n) is 2.01. The molecule has 0 bridgehead atoms. The minimum Gasteiger partial charge on any atom is -0.477 e. The van der Waals surface area contributed by atoms with Gasteiger partial charge in [0, 0.05) is 13.1 Å². The van der Waals surface area contributed by atoms with Crippen LogP contribution in [0.5, 0.6) is 0 Å². The molecule has 90 valence electrons. The van der Waals surface area contributed by atoms with Crippen molar-refractivity contribution in [1.29, 1.82) is 0 Å². The van der Waals surface area contributed by atoms with Gasteiger partial charge in [-0.2, -0.15) is 0 Å². The molecule has 0 atom stereocenters. The molecule has 2 aromatic heterocycles. The Morgan fingerprint density at radius 3 is 2.78 bits per heavy atom. The van der Waals surface area contributed by atoms with E-state index in [9.17, 15) is 14.7 Å². The number of carboxylic acid groups (broad SMARTS) is 1. The van der Waals surface area contributed by atoms with Crippen LogP contribution in [0.4, 0.5) is 0 Å². The minimum absolute atomic E-state index is 0.0817. The lowest BCUT2D eigenvalue weighted by Crippen LogP contribution is -2.22. The van der Waals surface area contributed by atoms with Crippen molar-refractivity contribution in [2.45, 2.75) is 0 Å². The Balaban J connectivity index is 2.67. The van der Waals surface area contributed by atoms with Gasteiger partial charge in [0.05, 0.1) is 11.0 Å². The third-order valence-corrected chi connectivity index (χ3v) is 2.89. The van der Waals surface area contributed by atoms with Crippen molar-refractivity contribution >= 4 is 22.8 Å². The second-order valence-corrected chi connectivity index (χ2v) is 3.97. The molecule has 0 unspecified atom stereocenters. The van der Waals surface area contributed by atoms with Crippen LogP contribution in [-0.4, -0.2) is 25.0 Å². The van der Waals surface area contributed by atoms with E-state index in [1.54, 1.807) is 25.2 Å². The molecule has 0 aliphatic carbocycles. The number of benzene rings is 1. The van der Waals surface area contributed by atoms with Crippen molar-refractivity contribution in [2.24, 2.45) is 7.05 Å². The lowest BCUT2D eigenvalue weighted by atomic mass is 10.3. The number of aryl methyl sites for hydroxylation is 1. The van der Waals surface area contributed by atoms with Gasteiger partial charge >= 0.3 is 5.97 Å². The van der Waals surface area contributed by atoms with Gasteiger partial charge in [0.2, 0.25) is 5.78 Å². The molecule has 0 aliphatic heterocycles. The monoisotopic (exact) mass is 243 g/mol. The first-order valence-corrected chi connectivity index (χ1v) is 5.30. The summed E-state index contributed by atoms with van der Waals surface area (Å²) in [6.07, 6.45) is 0. The maximum absolute atomic E-state index is 11.7. The van der Waals surface area contributed by atoms with Crippen LogP contribution < -0.4 is 5.56 Å². The van der Waals surface area contributed by atoms with Crippen LogP contribution in [0.25, 0.3) is 16.8 Å². The van der Waals surface area contributed by atoms with E-state index in [-0.39, 0.29) is 5.69 Å². The number of fused-ring (bicyclic) bond motifs is 3. The molecule has 0 fully saturated rings. The molecule has 3 rings (SSSR count). The maximum Gasteiger partial charge on any atom is 0.353 e. The summed E-state index contributed by atoms with van der Waals surface area (Å²) in [5, 5.41) is 9.18. The third-order valence-electron chi connectivity index (χ3n) is 2.89. The molecule has 1 aromatic carbocycles. The number of carbonyl (C=O) groups is 1. The fraction of sp³-hybridized carbons (Fsp3) is 0.0833. The molecule has 0 aliphatic rings. The van der Waals surface area contributed by atoms with Gasteiger partial charge in [-0.1, -0.05) is 12.1 Å². The molecular weight excluding hydrogens is 234 g/mol. The summed E-state index contributed by atoms with van der Waals surface area (Å²) in [7, 11) is 1.56. The summed E-state index contributed by atoms with van der Waals surface area (Å²) in [4.78, 5) is 27.2. The molecular formula is C12H9N3O3. The number of para-hydroxylation sites is 2. The standard InChI is InChI=1S/C12H9N3O3/c1-14-10(16)6-9(11(17)18)15-8-5-3-2-4-7(8)13-12(14)15/h2-6H,1H3,(H,17,18). The Kier molecular flexibility index (Phi) is 2.00. The number of hydrogen-bond acceptors (Lipinski definition) is 3. The molecule has 6 nitrogen and oxygen atoms in total. The van der Waals surface area contributed by atoms with Crippen LogP contribution in [0.1, 0.15) is 10.5 Å². The third kappa shape index (κ3) is 1.26. The predicted octanol–water partition coefficient (Wildman–Crippen LogP) is 0.884. The predicted molar refractivity (Wildman–Crippen MR) is 64.9 cm³/mol. The van der Waals surface area contributed by atoms with E-state index in [1.165, 1.54) is 8.97 Å². The fourth-order valence-corrected chi connectivity index (χ4v) is 2.01. The van der Waals surface area contributed by atoms with Crippen molar-refractivity contribution in [1.82, 2.24) is 14.0 Å². The molecule has 6 heteroatoms. The highest BCUT2D eigenvalue weighted by Crippen LogP contribution is 2.16. The van der Waals surface area contributed by atoms with E-state index in [1.807, 2.05) is 6.07 Å². The molecule has 0 radical (unpaired) electrons. The van der Waals surface area contributed by atoms with Crippen molar-refractivity contribution in [3.8, 4) is 0 Å². The van der Waals surface area contributed by atoms with Gasteiger partial charge in [-0.25, -0.2) is 9.78 Å². The van der Waals surface area contributed by atoms with Crippen LogP contribution >= 0.6 is 0 Å². The molecule has 18 heavy (non-hydrogen) atoms. The molecule has 1 N–H and O–H groups in total. The molecule has 0 spiro atoms. The van der Waals surface area contributed by atoms with E-state index >= 15 is 0 Å². The summed E-state index contributed by atoms with van der Waals surface area (Å²) >= 11 is 0. The van der Waals surface area contributed by atoms with E-state index in [2.05, 4.69) is 4.98 Å². The van der Waals surface area contributed by atoms with E-state index in [0.29, 0.717) is 16.8 Å². The van der Waals surface area contributed by atoms with Crippen LogP contribution in [-0.2, 0) is 7.05 Å². The first-order chi connectivity index (χ1) is 8.59. The van der Waals surface area contributed by atoms with Crippen molar-refractivity contribution in [3.05, 3.63) is 46.4 Å². The summed E-state index contributed by atoms with van der Waals surface area (Å²) < 4.78 is 2.80. The van der Waals surface area contributed by atoms with Gasteiger partial charge < -0.3 is 5.11 Å². The number of hydrogen-bond donors (Lipinski definition) is 1. The lowest BCUT2D eigenvalue weighted by molar-refractivity contribution is 0.0688. The number of nitrogens with zero attached hydrogens (tertiary/aromatic N) is 3. The smallest absolute Gasteiger partial charge is 0.353 e. The highest BCUT2D eigenvalue weighted by molar-refractivity contribution is 5.90. The van der Waals surface area contributed by atoms with Crippen LogP contribution in [0.15, 0.2) is 35.1 Å². The van der Waals surface area contributed by atoms with E-state index < -0.39 is 11.5 Å². The average Bonchev–Trinajstić information content (AvgIpc) is 2.73. The number of aromatic nitrogens is 3. The molecule has 2 heterocycles. The Labute approximate surface area is 101 Å². The molecule has 0 saturated carbocycles. The zero-order valence-corrected chi connectivity index (χ0v) is 9.49. The number of imidazole rings is 1. The number of aromatic carboxylic acids is 1.